The van der Waals surface area contributed by atoms with Crippen molar-refractivity contribution in [3.8, 4) is 0 Å². The minimum Gasteiger partial charge on any atom is -0.406 e. The highest BCUT2D eigenvalue weighted by Gasteiger charge is 2.13. The molecule has 0 unspecified atom stereocenters. The summed E-state index contributed by atoms with van der Waals surface area (Å²) in [5, 5.41) is 3.23. The van der Waals surface area contributed by atoms with E-state index in [0.29, 0.717) is 10.7 Å². The summed E-state index contributed by atoms with van der Waals surface area (Å²) in [6, 6.07) is 19.1. The predicted octanol–water partition coefficient (Wildman–Crippen LogP) is 3.38. The first kappa shape index (κ1) is 16.8. The maximum absolute atomic E-state index is 12.5. The van der Waals surface area contributed by atoms with Gasteiger partial charge in [0.25, 0.3) is 11.5 Å². The van der Waals surface area contributed by atoms with E-state index in [1.165, 1.54) is 12.3 Å². The molecule has 2 aromatic carbocycles. The van der Waals surface area contributed by atoms with Gasteiger partial charge in [-0.2, -0.15) is 4.73 Å². The van der Waals surface area contributed by atoms with E-state index in [0.717, 1.165) is 10.3 Å². The van der Waals surface area contributed by atoms with Crippen LogP contribution in [0.25, 0.3) is 0 Å². The topological polar surface area (TPSA) is 60.3 Å². The zero-order valence-corrected chi connectivity index (χ0v) is 13.9. The Morgan fingerprint density at radius 1 is 1.00 bits per heavy atom. The number of carbonyl (C=O) groups excluding carboxylic acids is 1. The van der Waals surface area contributed by atoms with Crippen LogP contribution < -0.4 is 15.7 Å². The Labute approximate surface area is 149 Å². The number of benzene rings is 2. The zero-order valence-electron chi connectivity index (χ0n) is 13.2. The van der Waals surface area contributed by atoms with E-state index in [4.69, 9.17) is 16.4 Å². The second kappa shape index (κ2) is 7.68. The molecule has 1 amide bonds. The van der Waals surface area contributed by atoms with Crippen molar-refractivity contribution in [1.29, 1.82) is 0 Å². The molecule has 0 aliphatic heterocycles. The average molecular weight is 355 g/mol. The normalized spacial score (nSPS) is 10.3. The van der Waals surface area contributed by atoms with Crippen LogP contribution in [0.15, 0.2) is 77.7 Å². The third-order valence-electron chi connectivity index (χ3n) is 3.51. The van der Waals surface area contributed by atoms with E-state index < -0.39 is 11.5 Å². The van der Waals surface area contributed by atoms with Crippen molar-refractivity contribution in [3.05, 3.63) is 99.4 Å². The molecule has 0 aliphatic carbocycles. The van der Waals surface area contributed by atoms with E-state index in [9.17, 15) is 9.59 Å². The van der Waals surface area contributed by atoms with Crippen molar-refractivity contribution in [2.24, 2.45) is 0 Å². The lowest BCUT2D eigenvalue weighted by atomic mass is 10.2. The highest BCUT2D eigenvalue weighted by atomic mass is 35.5. The van der Waals surface area contributed by atoms with E-state index in [1.807, 2.05) is 18.2 Å². The lowest BCUT2D eigenvalue weighted by Crippen LogP contribution is -2.32. The highest BCUT2D eigenvalue weighted by Crippen LogP contribution is 2.14. The van der Waals surface area contributed by atoms with Gasteiger partial charge >= 0.3 is 0 Å². The minimum atomic E-state index is -0.539. The largest absolute Gasteiger partial charge is 0.406 e. The molecule has 1 N–H and O–H groups in total. The number of carbonyl (C=O) groups is 1. The molecule has 25 heavy (non-hydrogen) atoms. The van der Waals surface area contributed by atoms with E-state index >= 15 is 0 Å². The molecule has 3 rings (SSSR count). The number of para-hydroxylation sites is 1. The quantitative estimate of drug-likeness (QED) is 0.764. The van der Waals surface area contributed by atoms with Gasteiger partial charge in [0.05, 0.1) is 0 Å². The summed E-state index contributed by atoms with van der Waals surface area (Å²) >= 11 is 6.07. The molecular formula is C19H15ClN2O3. The van der Waals surface area contributed by atoms with Crippen LogP contribution in [0.5, 0.6) is 0 Å². The number of nitrogens with one attached hydrogen (secondary N) is 1. The van der Waals surface area contributed by atoms with Gasteiger partial charge in [-0.1, -0.05) is 48.0 Å². The molecule has 0 saturated carbocycles. The fourth-order valence-corrected chi connectivity index (χ4v) is 2.41. The first-order chi connectivity index (χ1) is 12.1. The Bertz CT molecular complexity index is 939. The SMILES string of the molecule is O=C(Nc1ccccc1)c1cccn(OCc2ccccc2Cl)c1=O. The lowest BCUT2D eigenvalue weighted by Gasteiger charge is -2.11. The molecule has 0 bridgehead atoms. The maximum Gasteiger partial charge on any atom is 0.295 e. The molecule has 0 radical (unpaired) electrons. The third-order valence-corrected chi connectivity index (χ3v) is 3.88. The van der Waals surface area contributed by atoms with Gasteiger partial charge in [-0.15, -0.1) is 0 Å². The molecular weight excluding hydrogens is 340 g/mol. The first-order valence-corrected chi connectivity index (χ1v) is 7.98. The number of pyridine rings is 1. The predicted molar refractivity (Wildman–Crippen MR) is 96.8 cm³/mol. The molecule has 1 aromatic heterocycles. The van der Waals surface area contributed by atoms with Gasteiger partial charge in [0.2, 0.25) is 0 Å². The van der Waals surface area contributed by atoms with Crippen molar-refractivity contribution in [3.63, 3.8) is 0 Å². The molecule has 5 nitrogen and oxygen atoms in total. The molecule has 0 aliphatic rings. The van der Waals surface area contributed by atoms with Gasteiger partial charge in [0.1, 0.15) is 12.2 Å². The van der Waals surface area contributed by atoms with E-state index in [-0.39, 0.29) is 12.2 Å². The van der Waals surface area contributed by atoms with Gasteiger partial charge in [-0.05, 0) is 30.3 Å². The van der Waals surface area contributed by atoms with Crippen LogP contribution in [0.1, 0.15) is 15.9 Å². The highest BCUT2D eigenvalue weighted by molar-refractivity contribution is 6.31. The summed E-state index contributed by atoms with van der Waals surface area (Å²) in [7, 11) is 0. The number of aromatic nitrogens is 1. The van der Waals surface area contributed by atoms with Crippen LogP contribution in [-0.4, -0.2) is 10.6 Å². The number of hydrogen-bond acceptors (Lipinski definition) is 3. The fourth-order valence-electron chi connectivity index (χ4n) is 2.22. The Morgan fingerprint density at radius 2 is 1.72 bits per heavy atom. The Hall–Kier alpha value is -3.05. The molecule has 126 valence electrons. The number of halogens is 1. The van der Waals surface area contributed by atoms with Gasteiger partial charge < -0.3 is 10.2 Å². The standard InChI is InChI=1S/C19H15ClN2O3/c20-17-11-5-4-7-14(17)13-25-22-12-6-10-16(19(22)24)18(23)21-15-8-2-1-3-9-15/h1-12H,13H2,(H,21,23). The van der Waals surface area contributed by atoms with Crippen molar-refractivity contribution in [2.75, 3.05) is 5.32 Å². The van der Waals surface area contributed by atoms with Crippen LogP contribution in [0, 0.1) is 0 Å². The van der Waals surface area contributed by atoms with Crippen molar-refractivity contribution in [2.45, 2.75) is 6.61 Å². The molecule has 0 saturated heterocycles. The van der Waals surface area contributed by atoms with Crippen LogP contribution >= 0.6 is 11.6 Å². The van der Waals surface area contributed by atoms with Gasteiger partial charge in [0.15, 0.2) is 0 Å². The Balaban J connectivity index is 1.77. The zero-order chi connectivity index (χ0) is 17.6. The average Bonchev–Trinajstić information content (AvgIpc) is 2.63. The van der Waals surface area contributed by atoms with Crippen molar-refractivity contribution >= 4 is 23.2 Å². The molecule has 6 heteroatoms. The molecule has 0 fully saturated rings. The second-order valence-corrected chi connectivity index (χ2v) is 5.65. The summed E-state index contributed by atoms with van der Waals surface area (Å²) < 4.78 is 1.03. The van der Waals surface area contributed by atoms with Crippen LogP contribution in [0.3, 0.4) is 0 Å². The minimum absolute atomic E-state index is 0.00879. The molecule has 0 atom stereocenters. The van der Waals surface area contributed by atoms with Crippen molar-refractivity contribution in [1.82, 2.24) is 4.73 Å². The number of anilines is 1. The fraction of sp³-hybridized carbons (Fsp3) is 0.0526. The number of hydrogen-bond donors (Lipinski definition) is 1. The smallest absolute Gasteiger partial charge is 0.295 e. The maximum atomic E-state index is 12.5. The third kappa shape index (κ3) is 4.08. The lowest BCUT2D eigenvalue weighted by molar-refractivity contribution is 0.0864. The molecule has 1 heterocycles. The van der Waals surface area contributed by atoms with Crippen LogP contribution in [0.2, 0.25) is 5.02 Å². The number of amides is 1. The summed E-state index contributed by atoms with van der Waals surface area (Å²) in [4.78, 5) is 30.2. The first-order valence-electron chi connectivity index (χ1n) is 7.60. The van der Waals surface area contributed by atoms with Crippen LogP contribution in [0.4, 0.5) is 5.69 Å². The summed E-state index contributed by atoms with van der Waals surface area (Å²) in [5.74, 6) is -0.494. The summed E-state index contributed by atoms with van der Waals surface area (Å²) in [6.07, 6.45) is 1.46. The summed E-state index contributed by atoms with van der Waals surface area (Å²) in [5.41, 5.74) is 0.808. The number of nitrogens with zero attached hydrogens (tertiary/aromatic N) is 1. The van der Waals surface area contributed by atoms with Gasteiger partial charge in [0, 0.05) is 22.5 Å². The molecule has 0 spiro atoms. The summed E-state index contributed by atoms with van der Waals surface area (Å²) in [6.45, 7) is 0.114. The second-order valence-electron chi connectivity index (χ2n) is 5.24. The van der Waals surface area contributed by atoms with E-state index in [1.54, 1.807) is 42.5 Å². The van der Waals surface area contributed by atoms with Crippen LogP contribution in [-0.2, 0) is 6.61 Å². The monoisotopic (exact) mass is 354 g/mol. The molecule has 3 aromatic rings. The van der Waals surface area contributed by atoms with Gasteiger partial charge in [-0.3, -0.25) is 9.59 Å². The van der Waals surface area contributed by atoms with Gasteiger partial charge in [-0.25, -0.2) is 0 Å². The Morgan fingerprint density at radius 3 is 2.48 bits per heavy atom. The van der Waals surface area contributed by atoms with Crippen molar-refractivity contribution < 1.29 is 9.63 Å². The Kier molecular flexibility index (Phi) is 5.16. The van der Waals surface area contributed by atoms with E-state index in [2.05, 4.69) is 5.32 Å². The number of rotatable bonds is 5.